The van der Waals surface area contributed by atoms with Crippen molar-refractivity contribution in [2.24, 2.45) is 0 Å². The highest BCUT2D eigenvalue weighted by Crippen LogP contribution is 2.22. The lowest BCUT2D eigenvalue weighted by Gasteiger charge is -2.37. The Morgan fingerprint density at radius 2 is 2.23 bits per heavy atom. The molecule has 1 fully saturated rings. The van der Waals surface area contributed by atoms with Crippen LogP contribution < -0.4 is 5.32 Å². The van der Waals surface area contributed by atoms with Gasteiger partial charge in [0.15, 0.2) is 0 Å². The molecule has 1 aliphatic heterocycles. The van der Waals surface area contributed by atoms with Crippen LogP contribution >= 0.6 is 0 Å². The lowest BCUT2D eigenvalue weighted by molar-refractivity contribution is 0.0457. The van der Waals surface area contributed by atoms with Crippen LogP contribution in [-0.2, 0) is 4.74 Å². The average Bonchev–Trinajstić information content (AvgIpc) is 2.45. The molecule has 1 aliphatic rings. The van der Waals surface area contributed by atoms with Crippen LogP contribution in [0, 0.1) is 0 Å². The van der Waals surface area contributed by atoms with E-state index in [4.69, 9.17) is 4.74 Å². The van der Waals surface area contributed by atoms with Crippen LogP contribution in [0.4, 0.5) is 4.79 Å². The molecular weight excluding hydrogens is 278 g/mol. The zero-order valence-corrected chi connectivity index (χ0v) is 14.0. The van der Waals surface area contributed by atoms with Crippen molar-refractivity contribution >= 4 is 6.09 Å². The highest BCUT2D eigenvalue weighted by atomic mass is 16.6. The summed E-state index contributed by atoms with van der Waals surface area (Å²) in [7, 11) is 0. The van der Waals surface area contributed by atoms with E-state index < -0.39 is 5.60 Å². The van der Waals surface area contributed by atoms with Gasteiger partial charge < -0.3 is 10.1 Å². The van der Waals surface area contributed by atoms with Gasteiger partial charge >= 0.3 is 6.09 Å². The predicted molar refractivity (Wildman–Crippen MR) is 86.6 cm³/mol. The molecule has 0 bridgehead atoms. The number of likely N-dealkylation sites (tertiary alicyclic amines) is 1. The number of alkyl carbamates (subject to hydrolysis) is 1. The molecule has 2 heterocycles. The van der Waals surface area contributed by atoms with Crippen molar-refractivity contribution in [3.63, 3.8) is 0 Å². The summed E-state index contributed by atoms with van der Waals surface area (Å²) in [6.07, 6.45) is 3.55. The zero-order chi connectivity index (χ0) is 16.2. The third kappa shape index (κ3) is 4.98. The summed E-state index contributed by atoms with van der Waals surface area (Å²) in [4.78, 5) is 18.7. The normalized spacial score (nSPS) is 21.2. The molecule has 0 spiro atoms. The maximum atomic E-state index is 11.9. The van der Waals surface area contributed by atoms with Gasteiger partial charge in [0.2, 0.25) is 0 Å². The number of hydrogen-bond donors (Lipinski definition) is 1. The van der Waals surface area contributed by atoms with Crippen molar-refractivity contribution in [2.45, 2.75) is 58.2 Å². The Labute approximate surface area is 133 Å². The number of rotatable bonds is 3. The number of nitrogens with zero attached hydrogens (tertiary/aromatic N) is 2. The maximum absolute atomic E-state index is 11.9. The molecule has 5 heteroatoms. The molecule has 1 amide bonds. The van der Waals surface area contributed by atoms with Crippen molar-refractivity contribution in [3.8, 4) is 0 Å². The number of ether oxygens (including phenoxy) is 1. The first-order chi connectivity index (χ1) is 10.3. The highest BCUT2D eigenvalue weighted by Gasteiger charge is 2.27. The Morgan fingerprint density at radius 1 is 1.45 bits per heavy atom. The van der Waals surface area contributed by atoms with Crippen molar-refractivity contribution in [2.75, 3.05) is 13.1 Å². The Kier molecular flexibility index (Phi) is 5.40. The maximum Gasteiger partial charge on any atom is 0.407 e. The number of carbonyl (C=O) groups is 1. The second kappa shape index (κ2) is 7.09. The lowest BCUT2D eigenvalue weighted by Crippen LogP contribution is -2.49. The molecule has 22 heavy (non-hydrogen) atoms. The van der Waals surface area contributed by atoms with Crippen molar-refractivity contribution in [1.82, 2.24) is 15.2 Å². The fraction of sp³-hybridized carbons (Fsp3) is 0.647. The summed E-state index contributed by atoms with van der Waals surface area (Å²) in [5, 5.41) is 2.99. The van der Waals surface area contributed by atoms with Crippen molar-refractivity contribution in [1.29, 1.82) is 0 Å². The first-order valence-corrected chi connectivity index (χ1v) is 7.99. The molecule has 1 saturated heterocycles. The first kappa shape index (κ1) is 16.7. The number of hydrogen-bond acceptors (Lipinski definition) is 4. The molecule has 122 valence electrons. The number of nitrogens with one attached hydrogen (secondary N) is 1. The second-order valence-electron chi connectivity index (χ2n) is 6.91. The van der Waals surface area contributed by atoms with Crippen LogP contribution in [0.3, 0.4) is 0 Å². The molecule has 2 atom stereocenters. The van der Waals surface area contributed by atoms with Gasteiger partial charge in [0.1, 0.15) is 5.60 Å². The van der Waals surface area contributed by atoms with Crippen LogP contribution in [0.1, 0.15) is 52.3 Å². The number of aromatic nitrogens is 1. The average molecular weight is 305 g/mol. The summed E-state index contributed by atoms with van der Waals surface area (Å²) < 4.78 is 5.34. The molecular formula is C17H27N3O2. The zero-order valence-electron chi connectivity index (χ0n) is 14.0. The van der Waals surface area contributed by atoms with Gasteiger partial charge in [0, 0.05) is 24.8 Å². The van der Waals surface area contributed by atoms with E-state index >= 15 is 0 Å². The van der Waals surface area contributed by atoms with Crippen molar-refractivity contribution < 1.29 is 9.53 Å². The van der Waals surface area contributed by atoms with Gasteiger partial charge in [-0.1, -0.05) is 6.07 Å². The number of piperidine rings is 1. The van der Waals surface area contributed by atoms with E-state index in [-0.39, 0.29) is 18.2 Å². The predicted octanol–water partition coefficient (Wildman–Crippen LogP) is 3.13. The third-order valence-corrected chi connectivity index (χ3v) is 3.84. The Bertz CT molecular complexity index is 484. The minimum absolute atomic E-state index is 0.134. The second-order valence-corrected chi connectivity index (χ2v) is 6.91. The quantitative estimate of drug-likeness (QED) is 0.932. The Morgan fingerprint density at radius 3 is 2.86 bits per heavy atom. The van der Waals surface area contributed by atoms with Gasteiger partial charge in [-0.15, -0.1) is 0 Å². The third-order valence-electron chi connectivity index (χ3n) is 3.84. The topological polar surface area (TPSA) is 54.5 Å². The van der Waals surface area contributed by atoms with E-state index in [1.807, 2.05) is 39.1 Å². The first-order valence-electron chi connectivity index (χ1n) is 7.99. The van der Waals surface area contributed by atoms with Crippen LogP contribution in [0.25, 0.3) is 0 Å². The largest absolute Gasteiger partial charge is 0.444 e. The smallest absolute Gasteiger partial charge is 0.407 e. The minimum Gasteiger partial charge on any atom is -0.444 e. The molecule has 0 saturated carbocycles. The minimum atomic E-state index is -0.459. The number of pyridine rings is 1. The molecule has 1 aromatic rings. The van der Waals surface area contributed by atoms with Gasteiger partial charge in [-0.05, 0) is 59.2 Å². The van der Waals surface area contributed by atoms with Crippen LogP contribution in [0.15, 0.2) is 24.4 Å². The fourth-order valence-corrected chi connectivity index (χ4v) is 2.76. The SMILES string of the molecule is CC(c1ccccn1)N1CCC[C@@H](NC(=O)OC(C)(C)C)C1. The molecule has 1 aromatic heterocycles. The Balaban J connectivity index is 1.90. The molecule has 0 radical (unpaired) electrons. The van der Waals surface area contributed by atoms with E-state index in [1.165, 1.54) is 0 Å². The summed E-state index contributed by atoms with van der Waals surface area (Å²) >= 11 is 0. The van der Waals surface area contributed by atoms with E-state index in [2.05, 4.69) is 28.2 Å². The van der Waals surface area contributed by atoms with E-state index in [9.17, 15) is 4.79 Å². The van der Waals surface area contributed by atoms with Gasteiger partial charge in [-0.3, -0.25) is 9.88 Å². The van der Waals surface area contributed by atoms with Crippen LogP contribution in [0.2, 0.25) is 0 Å². The molecule has 1 unspecified atom stereocenters. The number of amides is 1. The summed E-state index contributed by atoms with van der Waals surface area (Å²) in [5.74, 6) is 0. The molecule has 1 N–H and O–H groups in total. The molecule has 2 rings (SSSR count). The van der Waals surface area contributed by atoms with E-state index in [1.54, 1.807) is 0 Å². The van der Waals surface area contributed by atoms with Crippen LogP contribution in [-0.4, -0.2) is 40.7 Å². The van der Waals surface area contributed by atoms with Gasteiger partial charge in [-0.2, -0.15) is 0 Å². The summed E-state index contributed by atoms with van der Waals surface area (Å²) in [6, 6.07) is 6.38. The van der Waals surface area contributed by atoms with Gasteiger partial charge in [-0.25, -0.2) is 4.79 Å². The molecule has 0 aromatic carbocycles. The van der Waals surface area contributed by atoms with E-state index in [0.29, 0.717) is 0 Å². The van der Waals surface area contributed by atoms with Gasteiger partial charge in [0.05, 0.1) is 5.69 Å². The molecule has 0 aliphatic carbocycles. The number of carbonyl (C=O) groups excluding carboxylic acids is 1. The Hall–Kier alpha value is -1.62. The lowest BCUT2D eigenvalue weighted by atomic mass is 10.0. The van der Waals surface area contributed by atoms with Crippen molar-refractivity contribution in [3.05, 3.63) is 30.1 Å². The fourth-order valence-electron chi connectivity index (χ4n) is 2.76. The summed E-state index contributed by atoms with van der Waals surface area (Å²) in [5.41, 5.74) is 0.611. The van der Waals surface area contributed by atoms with Crippen LogP contribution in [0.5, 0.6) is 0 Å². The van der Waals surface area contributed by atoms with E-state index in [0.717, 1.165) is 31.6 Å². The summed E-state index contributed by atoms with van der Waals surface area (Å²) in [6.45, 7) is 9.66. The van der Waals surface area contributed by atoms with Gasteiger partial charge in [0.25, 0.3) is 0 Å². The highest BCUT2D eigenvalue weighted by molar-refractivity contribution is 5.68. The standard InChI is InChI=1S/C17H27N3O2/c1-13(15-9-5-6-10-18-15)20-11-7-8-14(12-20)19-16(21)22-17(2,3)4/h5-6,9-10,13-14H,7-8,11-12H2,1-4H3,(H,19,21)/t13?,14-/m1/s1. The molecule has 5 nitrogen and oxygen atoms in total. The monoisotopic (exact) mass is 305 g/mol.